The van der Waals surface area contributed by atoms with Crippen molar-refractivity contribution >= 4 is 32.7 Å². The van der Waals surface area contributed by atoms with Crippen LogP contribution in [0, 0.1) is 12.3 Å². The molecule has 2 aromatic heterocycles. The third-order valence-corrected chi connectivity index (χ3v) is 4.49. The van der Waals surface area contributed by atoms with Crippen molar-refractivity contribution in [2.24, 2.45) is 0 Å². The van der Waals surface area contributed by atoms with E-state index in [0.29, 0.717) is 0 Å². The maximum atomic E-state index is 5.53. The highest BCUT2D eigenvalue weighted by Gasteiger charge is 2.11. The number of hydrogen-bond donors (Lipinski definition) is 1. The molecule has 0 atom stereocenters. The van der Waals surface area contributed by atoms with Crippen molar-refractivity contribution in [3.63, 3.8) is 0 Å². The van der Waals surface area contributed by atoms with Gasteiger partial charge in [-0.2, -0.15) is 0 Å². The molecule has 0 aliphatic rings. The summed E-state index contributed by atoms with van der Waals surface area (Å²) in [7, 11) is 0. The van der Waals surface area contributed by atoms with Crippen LogP contribution in [0.25, 0.3) is 44.0 Å². The van der Waals surface area contributed by atoms with Crippen LogP contribution in [-0.4, -0.2) is 19.9 Å². The third kappa shape index (κ3) is 2.00. The molecular formula is C21H12N4. The number of benzene rings is 3. The van der Waals surface area contributed by atoms with Crippen molar-refractivity contribution in [3.8, 4) is 23.6 Å². The van der Waals surface area contributed by atoms with E-state index in [0.717, 1.165) is 49.5 Å². The lowest BCUT2D eigenvalue weighted by Gasteiger charge is -2.08. The molecule has 2 heterocycles. The first-order valence-corrected chi connectivity index (χ1v) is 7.92. The Balaban J connectivity index is 1.87. The summed E-state index contributed by atoms with van der Waals surface area (Å²) in [5.41, 5.74) is 5.59. The van der Waals surface area contributed by atoms with Crippen LogP contribution < -0.4 is 0 Å². The fourth-order valence-corrected chi connectivity index (χ4v) is 3.33. The number of hydrogen-bond acceptors (Lipinski definition) is 3. The Morgan fingerprint density at radius 2 is 1.68 bits per heavy atom. The van der Waals surface area contributed by atoms with Crippen molar-refractivity contribution in [1.29, 1.82) is 0 Å². The predicted octanol–water partition coefficient (Wildman–Crippen LogP) is 4.31. The van der Waals surface area contributed by atoms with E-state index in [2.05, 4.69) is 44.1 Å². The molecule has 0 aliphatic carbocycles. The Bertz CT molecular complexity index is 1310. The van der Waals surface area contributed by atoms with Gasteiger partial charge in [-0.1, -0.05) is 24.1 Å². The number of fused-ring (bicyclic) bond motifs is 5. The van der Waals surface area contributed by atoms with Crippen LogP contribution >= 0.6 is 0 Å². The van der Waals surface area contributed by atoms with Crippen molar-refractivity contribution in [3.05, 3.63) is 66.7 Å². The highest BCUT2D eigenvalue weighted by molar-refractivity contribution is 6.16. The second-order valence-electron chi connectivity index (χ2n) is 5.87. The summed E-state index contributed by atoms with van der Waals surface area (Å²) in [6.07, 6.45) is 8.85. The summed E-state index contributed by atoms with van der Waals surface area (Å²) in [6, 6.07) is 16.1. The number of nitrogens with one attached hydrogen (secondary N) is 1. The zero-order valence-electron chi connectivity index (χ0n) is 13.2. The fourth-order valence-electron chi connectivity index (χ4n) is 3.33. The summed E-state index contributed by atoms with van der Waals surface area (Å²) < 4.78 is 0. The van der Waals surface area contributed by atoms with Gasteiger partial charge >= 0.3 is 0 Å². The SMILES string of the molecule is C#Cc1cccc(-c2ncnc3c2ccc2c3ccc3[nH]cnc32)c1. The van der Waals surface area contributed by atoms with Gasteiger partial charge in [0.2, 0.25) is 0 Å². The second kappa shape index (κ2) is 5.15. The number of H-pyrrole nitrogens is 1. The molecule has 5 rings (SSSR count). The molecule has 0 spiro atoms. The van der Waals surface area contributed by atoms with E-state index >= 15 is 0 Å². The van der Waals surface area contributed by atoms with E-state index in [9.17, 15) is 0 Å². The molecule has 0 radical (unpaired) electrons. The van der Waals surface area contributed by atoms with Crippen molar-refractivity contribution in [2.75, 3.05) is 0 Å². The first-order valence-electron chi connectivity index (χ1n) is 7.92. The highest BCUT2D eigenvalue weighted by atomic mass is 14.9. The summed E-state index contributed by atoms with van der Waals surface area (Å²) in [5, 5.41) is 3.14. The monoisotopic (exact) mass is 320 g/mol. The Labute approximate surface area is 143 Å². The summed E-state index contributed by atoms with van der Waals surface area (Å²) in [6.45, 7) is 0. The Morgan fingerprint density at radius 3 is 2.60 bits per heavy atom. The van der Waals surface area contributed by atoms with Crippen molar-refractivity contribution in [2.45, 2.75) is 0 Å². The number of aromatic nitrogens is 4. The van der Waals surface area contributed by atoms with Gasteiger partial charge in [0, 0.05) is 27.3 Å². The third-order valence-electron chi connectivity index (χ3n) is 4.49. The zero-order chi connectivity index (χ0) is 16.8. The maximum Gasteiger partial charge on any atom is 0.116 e. The average molecular weight is 320 g/mol. The molecule has 0 unspecified atom stereocenters. The van der Waals surface area contributed by atoms with Crippen molar-refractivity contribution in [1.82, 2.24) is 19.9 Å². The Hall–Kier alpha value is -3.71. The quantitative estimate of drug-likeness (QED) is 0.370. The van der Waals surface area contributed by atoms with Gasteiger partial charge in [0.15, 0.2) is 0 Å². The average Bonchev–Trinajstić information content (AvgIpc) is 3.16. The van der Waals surface area contributed by atoms with Crippen LogP contribution in [0.5, 0.6) is 0 Å². The van der Waals surface area contributed by atoms with Crippen molar-refractivity contribution < 1.29 is 0 Å². The van der Waals surface area contributed by atoms with Crippen LogP contribution in [0.1, 0.15) is 5.56 Å². The summed E-state index contributed by atoms with van der Waals surface area (Å²) in [5.74, 6) is 2.68. The van der Waals surface area contributed by atoms with Gasteiger partial charge in [0.05, 0.1) is 28.6 Å². The molecule has 0 fully saturated rings. The molecule has 0 saturated carbocycles. The van der Waals surface area contributed by atoms with E-state index in [1.807, 2.05) is 30.3 Å². The van der Waals surface area contributed by atoms with Crippen LogP contribution in [0.2, 0.25) is 0 Å². The first kappa shape index (κ1) is 13.7. The smallest absolute Gasteiger partial charge is 0.116 e. The molecule has 5 aromatic rings. The Morgan fingerprint density at radius 1 is 0.840 bits per heavy atom. The Kier molecular flexibility index (Phi) is 2.82. The van der Waals surface area contributed by atoms with Gasteiger partial charge in [-0.3, -0.25) is 0 Å². The molecular weight excluding hydrogens is 308 g/mol. The zero-order valence-corrected chi connectivity index (χ0v) is 13.2. The summed E-state index contributed by atoms with van der Waals surface area (Å²) in [4.78, 5) is 16.6. The topological polar surface area (TPSA) is 54.5 Å². The van der Waals surface area contributed by atoms with E-state index in [-0.39, 0.29) is 0 Å². The van der Waals surface area contributed by atoms with Crippen LogP contribution in [0.4, 0.5) is 0 Å². The first-order chi connectivity index (χ1) is 12.3. The molecule has 4 nitrogen and oxygen atoms in total. The van der Waals surface area contributed by atoms with E-state index in [4.69, 9.17) is 6.42 Å². The lowest BCUT2D eigenvalue weighted by molar-refractivity contribution is 1.23. The molecule has 25 heavy (non-hydrogen) atoms. The standard InChI is InChI=1S/C21H12N4/c1-2-13-4-3-5-14(10-13)19-17-7-6-16-15(20(17)24-12-23-19)8-9-18-21(16)25-11-22-18/h1,3-12H,(H,22,25). The normalized spacial score (nSPS) is 11.2. The molecule has 3 aromatic carbocycles. The molecule has 116 valence electrons. The molecule has 1 N–H and O–H groups in total. The summed E-state index contributed by atoms with van der Waals surface area (Å²) >= 11 is 0. The second-order valence-corrected chi connectivity index (χ2v) is 5.87. The minimum atomic E-state index is 0.836. The van der Waals surface area contributed by atoms with Crippen LogP contribution in [0.15, 0.2) is 61.2 Å². The highest BCUT2D eigenvalue weighted by Crippen LogP contribution is 2.32. The lowest BCUT2D eigenvalue weighted by atomic mass is 10.0. The van der Waals surface area contributed by atoms with E-state index in [1.165, 1.54) is 0 Å². The fraction of sp³-hybridized carbons (Fsp3) is 0. The molecule has 0 amide bonds. The predicted molar refractivity (Wildman–Crippen MR) is 100 cm³/mol. The van der Waals surface area contributed by atoms with Gasteiger partial charge in [-0.15, -0.1) is 6.42 Å². The minimum absolute atomic E-state index is 0.836. The number of rotatable bonds is 1. The molecule has 0 bridgehead atoms. The van der Waals surface area contributed by atoms with Gasteiger partial charge in [0.25, 0.3) is 0 Å². The van der Waals surface area contributed by atoms with Gasteiger partial charge in [0.1, 0.15) is 6.33 Å². The number of imidazole rings is 1. The number of terminal acetylenes is 1. The van der Waals surface area contributed by atoms with Crippen LogP contribution in [-0.2, 0) is 0 Å². The minimum Gasteiger partial charge on any atom is -0.345 e. The number of nitrogens with zero attached hydrogens (tertiary/aromatic N) is 3. The van der Waals surface area contributed by atoms with Gasteiger partial charge in [-0.05, 0) is 30.3 Å². The van der Waals surface area contributed by atoms with E-state index < -0.39 is 0 Å². The lowest BCUT2D eigenvalue weighted by Crippen LogP contribution is -1.91. The largest absolute Gasteiger partial charge is 0.345 e. The maximum absolute atomic E-state index is 5.53. The van der Waals surface area contributed by atoms with E-state index in [1.54, 1.807) is 12.7 Å². The van der Waals surface area contributed by atoms with Crippen LogP contribution in [0.3, 0.4) is 0 Å². The molecule has 0 saturated heterocycles. The molecule has 0 aliphatic heterocycles. The van der Waals surface area contributed by atoms with Gasteiger partial charge in [-0.25, -0.2) is 15.0 Å². The van der Waals surface area contributed by atoms with Gasteiger partial charge < -0.3 is 4.98 Å². The molecule has 4 heteroatoms. The number of aromatic amines is 1.